The highest BCUT2D eigenvalue weighted by atomic mass is 16.5. The van der Waals surface area contributed by atoms with Gasteiger partial charge in [0.25, 0.3) is 5.91 Å². The van der Waals surface area contributed by atoms with Crippen LogP contribution in [0.3, 0.4) is 0 Å². The first-order valence-electron chi connectivity index (χ1n) is 4.57. The molecule has 1 fully saturated rings. The Morgan fingerprint density at radius 2 is 2.43 bits per heavy atom. The third-order valence-corrected chi connectivity index (χ3v) is 2.30. The Hall–Kier alpha value is -1.36. The molecule has 0 aliphatic heterocycles. The largest absolute Gasteiger partial charge is 0.393 e. The highest BCUT2D eigenvalue weighted by Gasteiger charge is 2.29. The summed E-state index contributed by atoms with van der Waals surface area (Å²) in [4.78, 5) is 11.4. The second-order valence-corrected chi connectivity index (χ2v) is 3.63. The quantitative estimate of drug-likeness (QED) is 0.710. The maximum Gasteiger partial charge on any atom is 0.290 e. The molecule has 0 aromatic carbocycles. The molecule has 0 bridgehead atoms. The number of aromatic nitrogens is 1. The first kappa shape index (κ1) is 9.21. The molecule has 0 atom stereocenters. The topological polar surface area (TPSA) is 75.4 Å². The zero-order chi connectivity index (χ0) is 10.1. The van der Waals surface area contributed by atoms with Gasteiger partial charge < -0.3 is 14.9 Å². The summed E-state index contributed by atoms with van der Waals surface area (Å²) in [6.45, 7) is 1.76. The van der Waals surface area contributed by atoms with E-state index < -0.39 is 0 Å². The highest BCUT2D eigenvalue weighted by molar-refractivity contribution is 5.91. The molecule has 2 N–H and O–H groups in total. The van der Waals surface area contributed by atoms with Gasteiger partial charge in [0.2, 0.25) is 5.76 Å². The van der Waals surface area contributed by atoms with Crippen molar-refractivity contribution in [3.63, 3.8) is 0 Å². The van der Waals surface area contributed by atoms with Crippen molar-refractivity contribution in [2.75, 3.05) is 0 Å². The third-order valence-electron chi connectivity index (χ3n) is 2.30. The van der Waals surface area contributed by atoms with Gasteiger partial charge in [-0.25, -0.2) is 0 Å². The summed E-state index contributed by atoms with van der Waals surface area (Å²) in [5, 5.41) is 15.4. The molecule has 5 nitrogen and oxygen atoms in total. The second-order valence-electron chi connectivity index (χ2n) is 3.63. The fourth-order valence-corrected chi connectivity index (χ4v) is 1.43. The Bertz CT molecular complexity index is 342. The summed E-state index contributed by atoms with van der Waals surface area (Å²) in [5.41, 5.74) is 0.684. The molecule has 1 saturated carbocycles. The summed E-state index contributed by atoms with van der Waals surface area (Å²) in [5.74, 6) is -0.0358. The van der Waals surface area contributed by atoms with E-state index in [-0.39, 0.29) is 23.8 Å². The SMILES string of the molecule is Cc1cc(C(=O)NC2CC(O)C2)on1. The minimum atomic E-state index is -0.267. The van der Waals surface area contributed by atoms with Crippen LogP contribution in [0.15, 0.2) is 10.6 Å². The molecule has 1 aromatic heterocycles. The monoisotopic (exact) mass is 196 g/mol. The Balaban J connectivity index is 1.90. The van der Waals surface area contributed by atoms with Crippen molar-refractivity contribution in [2.45, 2.75) is 31.9 Å². The van der Waals surface area contributed by atoms with Crippen molar-refractivity contribution in [2.24, 2.45) is 0 Å². The Morgan fingerprint density at radius 1 is 1.71 bits per heavy atom. The standard InChI is InChI=1S/C9H12N2O3/c1-5-2-8(14-11-5)9(13)10-6-3-7(12)4-6/h2,6-7,12H,3-4H2,1H3,(H,10,13). The average molecular weight is 196 g/mol. The maximum atomic E-state index is 11.4. The molecule has 1 aromatic rings. The number of aliphatic hydroxyl groups excluding tert-OH is 1. The van der Waals surface area contributed by atoms with Crippen LogP contribution in [0.5, 0.6) is 0 Å². The fraction of sp³-hybridized carbons (Fsp3) is 0.556. The van der Waals surface area contributed by atoms with Gasteiger partial charge in [-0.15, -0.1) is 0 Å². The number of aliphatic hydroxyl groups is 1. The lowest BCUT2D eigenvalue weighted by Crippen LogP contribution is -2.46. The number of nitrogens with zero attached hydrogens (tertiary/aromatic N) is 1. The molecule has 0 saturated heterocycles. The molecule has 1 amide bonds. The molecule has 2 rings (SSSR count). The van der Waals surface area contributed by atoms with E-state index in [9.17, 15) is 4.79 Å². The summed E-state index contributed by atoms with van der Waals surface area (Å²) in [6, 6.07) is 1.66. The van der Waals surface area contributed by atoms with Crippen molar-refractivity contribution >= 4 is 5.91 Å². The lowest BCUT2D eigenvalue weighted by molar-refractivity contribution is 0.0547. The van der Waals surface area contributed by atoms with Gasteiger partial charge in [0.15, 0.2) is 0 Å². The molecule has 1 aliphatic rings. The smallest absolute Gasteiger partial charge is 0.290 e. The summed E-state index contributed by atoms with van der Waals surface area (Å²) in [7, 11) is 0. The maximum absolute atomic E-state index is 11.4. The lowest BCUT2D eigenvalue weighted by atomic mass is 9.89. The normalized spacial score (nSPS) is 25.6. The van der Waals surface area contributed by atoms with Gasteiger partial charge in [0.1, 0.15) is 0 Å². The van der Waals surface area contributed by atoms with E-state index >= 15 is 0 Å². The number of carbonyl (C=O) groups excluding carboxylic acids is 1. The van der Waals surface area contributed by atoms with Crippen molar-refractivity contribution < 1.29 is 14.4 Å². The first-order valence-corrected chi connectivity index (χ1v) is 4.57. The van der Waals surface area contributed by atoms with Crippen LogP contribution in [0.2, 0.25) is 0 Å². The van der Waals surface area contributed by atoms with Crippen molar-refractivity contribution in [1.82, 2.24) is 10.5 Å². The number of hydrogen-bond acceptors (Lipinski definition) is 4. The third kappa shape index (κ3) is 1.77. The minimum absolute atomic E-state index is 0.0721. The van der Waals surface area contributed by atoms with E-state index in [4.69, 9.17) is 9.63 Å². The number of rotatable bonds is 2. The molecule has 0 unspecified atom stereocenters. The van der Waals surface area contributed by atoms with E-state index in [0.29, 0.717) is 18.5 Å². The van der Waals surface area contributed by atoms with Gasteiger partial charge in [-0.3, -0.25) is 4.79 Å². The number of hydrogen-bond donors (Lipinski definition) is 2. The van der Waals surface area contributed by atoms with Gasteiger partial charge in [-0.2, -0.15) is 0 Å². The lowest BCUT2D eigenvalue weighted by Gasteiger charge is -2.31. The highest BCUT2D eigenvalue weighted by Crippen LogP contribution is 2.19. The number of carbonyl (C=O) groups is 1. The average Bonchev–Trinajstić information content (AvgIpc) is 2.49. The van der Waals surface area contributed by atoms with Crippen LogP contribution in [0.25, 0.3) is 0 Å². The van der Waals surface area contributed by atoms with E-state index in [1.54, 1.807) is 13.0 Å². The molecule has 0 radical (unpaired) electrons. The van der Waals surface area contributed by atoms with E-state index in [2.05, 4.69) is 10.5 Å². The van der Waals surface area contributed by atoms with E-state index in [1.807, 2.05) is 0 Å². The summed E-state index contributed by atoms with van der Waals surface area (Å²) < 4.78 is 4.80. The Kier molecular flexibility index (Phi) is 2.25. The van der Waals surface area contributed by atoms with Crippen LogP contribution in [0, 0.1) is 6.92 Å². The van der Waals surface area contributed by atoms with Gasteiger partial charge in [-0.05, 0) is 19.8 Å². The van der Waals surface area contributed by atoms with Crippen LogP contribution < -0.4 is 5.32 Å². The second kappa shape index (κ2) is 3.42. The van der Waals surface area contributed by atoms with E-state index in [0.717, 1.165) is 0 Å². The van der Waals surface area contributed by atoms with Crippen molar-refractivity contribution in [1.29, 1.82) is 0 Å². The van der Waals surface area contributed by atoms with Gasteiger partial charge in [0, 0.05) is 12.1 Å². The van der Waals surface area contributed by atoms with Crippen LogP contribution in [-0.2, 0) is 0 Å². The molecule has 1 heterocycles. The van der Waals surface area contributed by atoms with Crippen molar-refractivity contribution in [3.05, 3.63) is 17.5 Å². The molecule has 1 aliphatic carbocycles. The fourth-order valence-electron chi connectivity index (χ4n) is 1.43. The zero-order valence-electron chi connectivity index (χ0n) is 7.86. The molecular weight excluding hydrogens is 184 g/mol. The molecular formula is C9H12N2O3. The predicted molar refractivity (Wildman–Crippen MR) is 47.7 cm³/mol. The molecule has 5 heteroatoms. The number of nitrogens with one attached hydrogen (secondary N) is 1. The Labute approximate surface area is 81.1 Å². The van der Waals surface area contributed by atoms with Crippen LogP contribution in [0.1, 0.15) is 29.1 Å². The molecule has 14 heavy (non-hydrogen) atoms. The zero-order valence-corrected chi connectivity index (χ0v) is 7.86. The van der Waals surface area contributed by atoms with Crippen LogP contribution >= 0.6 is 0 Å². The first-order chi connectivity index (χ1) is 6.65. The van der Waals surface area contributed by atoms with Gasteiger partial charge in [0.05, 0.1) is 11.8 Å². The summed E-state index contributed by atoms with van der Waals surface area (Å²) in [6.07, 6.45) is 0.981. The van der Waals surface area contributed by atoms with Crippen LogP contribution in [-0.4, -0.2) is 28.3 Å². The Morgan fingerprint density at radius 3 is 2.93 bits per heavy atom. The van der Waals surface area contributed by atoms with Crippen LogP contribution in [0.4, 0.5) is 0 Å². The van der Waals surface area contributed by atoms with Gasteiger partial charge in [-0.1, -0.05) is 5.16 Å². The minimum Gasteiger partial charge on any atom is -0.393 e. The molecule has 0 spiro atoms. The number of aryl methyl sites for hydroxylation is 1. The predicted octanol–water partition coefficient (Wildman–Crippen LogP) is 0.236. The summed E-state index contributed by atoms with van der Waals surface area (Å²) >= 11 is 0. The molecule has 76 valence electrons. The van der Waals surface area contributed by atoms with Gasteiger partial charge >= 0.3 is 0 Å². The van der Waals surface area contributed by atoms with E-state index in [1.165, 1.54) is 0 Å². The van der Waals surface area contributed by atoms with Crippen molar-refractivity contribution in [3.8, 4) is 0 Å². The number of amides is 1.